The van der Waals surface area contributed by atoms with Crippen molar-refractivity contribution in [3.63, 3.8) is 0 Å². The summed E-state index contributed by atoms with van der Waals surface area (Å²) in [5, 5.41) is 17.5. The van der Waals surface area contributed by atoms with Gasteiger partial charge in [-0.05, 0) is 12.2 Å². The summed E-state index contributed by atoms with van der Waals surface area (Å²) < 4.78 is 0. The van der Waals surface area contributed by atoms with Crippen molar-refractivity contribution in [3.05, 3.63) is 11.9 Å². The molecule has 0 saturated carbocycles. The van der Waals surface area contributed by atoms with Crippen molar-refractivity contribution in [3.8, 4) is 0 Å². The molecule has 0 atom stereocenters. The topological polar surface area (TPSA) is 104 Å². The number of amides is 1. The van der Waals surface area contributed by atoms with Gasteiger partial charge in [-0.3, -0.25) is 9.89 Å². The van der Waals surface area contributed by atoms with E-state index in [0.717, 1.165) is 17.9 Å². The summed E-state index contributed by atoms with van der Waals surface area (Å²) in [5.41, 5.74) is 6.18. The van der Waals surface area contributed by atoms with Gasteiger partial charge in [0.2, 0.25) is 0 Å². The van der Waals surface area contributed by atoms with Crippen molar-refractivity contribution < 1.29 is 9.90 Å². The number of H-pyrrole nitrogens is 1. The molecular formula is C9H16N4O2S. The minimum absolute atomic E-state index is 0.212. The fraction of sp³-hybridized carbons (Fsp3) is 0.556. The number of hydrogen-bond donors (Lipinski definition) is 4. The quantitative estimate of drug-likeness (QED) is 0.499. The van der Waals surface area contributed by atoms with E-state index in [-0.39, 0.29) is 12.5 Å². The highest BCUT2D eigenvalue weighted by molar-refractivity contribution is 7.99. The number of anilines is 1. The first kappa shape index (κ1) is 12.9. The van der Waals surface area contributed by atoms with Crippen LogP contribution in [0, 0.1) is 0 Å². The van der Waals surface area contributed by atoms with Crippen molar-refractivity contribution in [1.29, 1.82) is 0 Å². The molecule has 0 aliphatic heterocycles. The molecule has 90 valence electrons. The van der Waals surface area contributed by atoms with E-state index in [9.17, 15) is 4.79 Å². The molecule has 0 saturated heterocycles. The molecule has 7 heteroatoms. The number of nitrogens with zero attached hydrogens (tertiary/aromatic N) is 1. The van der Waals surface area contributed by atoms with E-state index < -0.39 is 0 Å². The standard InChI is InChI=1S/C9H16N4O2S/c10-7-6-12-13-8(7)9(15)11-2-5-16-4-1-3-14/h6,14H,1-5,10H2,(H,11,15)(H,12,13). The lowest BCUT2D eigenvalue weighted by Crippen LogP contribution is -2.26. The number of carbonyl (C=O) groups excluding carboxylic acids is 1. The van der Waals surface area contributed by atoms with E-state index in [1.807, 2.05) is 0 Å². The highest BCUT2D eigenvalue weighted by atomic mass is 32.2. The van der Waals surface area contributed by atoms with E-state index in [4.69, 9.17) is 10.8 Å². The van der Waals surface area contributed by atoms with Gasteiger partial charge in [-0.15, -0.1) is 0 Å². The Morgan fingerprint density at radius 2 is 2.44 bits per heavy atom. The average molecular weight is 244 g/mol. The highest BCUT2D eigenvalue weighted by Gasteiger charge is 2.10. The molecule has 1 aromatic rings. The van der Waals surface area contributed by atoms with Gasteiger partial charge in [-0.2, -0.15) is 16.9 Å². The Kier molecular flexibility index (Phi) is 5.73. The number of nitrogens with one attached hydrogen (secondary N) is 2. The number of carbonyl (C=O) groups is 1. The zero-order chi connectivity index (χ0) is 11.8. The average Bonchev–Trinajstić information content (AvgIpc) is 2.69. The van der Waals surface area contributed by atoms with Gasteiger partial charge >= 0.3 is 0 Å². The van der Waals surface area contributed by atoms with Crippen LogP contribution < -0.4 is 11.1 Å². The van der Waals surface area contributed by atoms with Gasteiger partial charge in [-0.25, -0.2) is 0 Å². The highest BCUT2D eigenvalue weighted by Crippen LogP contribution is 2.05. The Morgan fingerprint density at radius 1 is 1.62 bits per heavy atom. The van der Waals surface area contributed by atoms with Crippen LogP contribution in [0.1, 0.15) is 16.9 Å². The summed E-state index contributed by atoms with van der Waals surface area (Å²) in [5.74, 6) is 1.48. The Morgan fingerprint density at radius 3 is 3.06 bits per heavy atom. The van der Waals surface area contributed by atoms with Crippen molar-refractivity contribution in [2.75, 3.05) is 30.4 Å². The smallest absolute Gasteiger partial charge is 0.271 e. The predicted molar refractivity (Wildman–Crippen MR) is 64.4 cm³/mol. The summed E-state index contributed by atoms with van der Waals surface area (Å²) in [6.45, 7) is 0.789. The van der Waals surface area contributed by atoms with Crippen LogP contribution in [0.15, 0.2) is 6.20 Å². The van der Waals surface area contributed by atoms with Crippen LogP contribution in [-0.2, 0) is 0 Å². The Bertz CT molecular complexity index is 329. The van der Waals surface area contributed by atoms with E-state index in [1.54, 1.807) is 11.8 Å². The number of aliphatic hydroxyl groups is 1. The van der Waals surface area contributed by atoms with Gasteiger partial charge in [0.25, 0.3) is 5.91 Å². The third-order valence-electron chi connectivity index (χ3n) is 1.87. The molecule has 0 unspecified atom stereocenters. The predicted octanol–water partition coefficient (Wildman–Crippen LogP) is -0.163. The van der Waals surface area contributed by atoms with Crippen LogP contribution in [0.3, 0.4) is 0 Å². The molecule has 0 aliphatic carbocycles. The van der Waals surface area contributed by atoms with Crippen LogP contribution in [0.4, 0.5) is 5.69 Å². The number of aromatic amines is 1. The molecule has 16 heavy (non-hydrogen) atoms. The van der Waals surface area contributed by atoms with Crippen LogP contribution in [0.2, 0.25) is 0 Å². The first-order valence-corrected chi connectivity index (χ1v) is 6.17. The van der Waals surface area contributed by atoms with E-state index in [2.05, 4.69) is 15.5 Å². The van der Waals surface area contributed by atoms with Crippen molar-refractivity contribution in [1.82, 2.24) is 15.5 Å². The van der Waals surface area contributed by atoms with Gasteiger partial charge in [0.15, 0.2) is 0 Å². The summed E-state index contributed by atoms with van der Waals surface area (Å²) in [6, 6.07) is 0. The minimum atomic E-state index is -0.238. The maximum atomic E-state index is 11.5. The SMILES string of the molecule is Nc1cn[nH]c1C(=O)NCCSCCCO. The van der Waals surface area contributed by atoms with Crippen LogP contribution in [-0.4, -0.2) is 45.9 Å². The lowest BCUT2D eigenvalue weighted by molar-refractivity contribution is 0.0952. The molecule has 6 nitrogen and oxygen atoms in total. The fourth-order valence-electron chi connectivity index (χ4n) is 1.07. The Labute approximate surface area is 98.0 Å². The molecule has 0 fully saturated rings. The van der Waals surface area contributed by atoms with E-state index in [1.165, 1.54) is 6.20 Å². The lowest BCUT2D eigenvalue weighted by Gasteiger charge is -2.03. The van der Waals surface area contributed by atoms with Crippen LogP contribution in [0.25, 0.3) is 0 Å². The number of nitrogens with two attached hydrogens (primary N) is 1. The molecule has 1 rings (SSSR count). The fourth-order valence-corrected chi connectivity index (χ4v) is 1.85. The van der Waals surface area contributed by atoms with Crippen molar-refractivity contribution >= 4 is 23.4 Å². The second-order valence-corrected chi connectivity index (χ2v) is 4.37. The Balaban J connectivity index is 2.14. The largest absolute Gasteiger partial charge is 0.396 e. The maximum Gasteiger partial charge on any atom is 0.271 e. The molecular weight excluding hydrogens is 228 g/mol. The first-order chi connectivity index (χ1) is 7.75. The number of rotatable bonds is 7. The molecule has 1 amide bonds. The normalized spacial score (nSPS) is 10.3. The zero-order valence-electron chi connectivity index (χ0n) is 8.90. The summed E-state index contributed by atoms with van der Waals surface area (Å²) in [7, 11) is 0. The van der Waals surface area contributed by atoms with E-state index >= 15 is 0 Å². The van der Waals surface area contributed by atoms with Gasteiger partial charge < -0.3 is 16.2 Å². The molecule has 1 aromatic heterocycles. The van der Waals surface area contributed by atoms with Gasteiger partial charge in [0.1, 0.15) is 5.69 Å². The third kappa shape index (κ3) is 4.11. The second kappa shape index (κ2) is 7.13. The molecule has 0 aromatic carbocycles. The van der Waals surface area contributed by atoms with Crippen LogP contribution in [0.5, 0.6) is 0 Å². The summed E-state index contributed by atoms with van der Waals surface area (Å²) in [4.78, 5) is 11.5. The van der Waals surface area contributed by atoms with E-state index in [0.29, 0.717) is 17.9 Å². The zero-order valence-corrected chi connectivity index (χ0v) is 9.72. The number of hydrogen-bond acceptors (Lipinski definition) is 5. The number of aromatic nitrogens is 2. The Hall–Kier alpha value is -1.21. The van der Waals surface area contributed by atoms with Crippen molar-refractivity contribution in [2.24, 2.45) is 0 Å². The summed E-state index contributed by atoms with van der Waals surface area (Å²) in [6.07, 6.45) is 2.19. The maximum absolute atomic E-state index is 11.5. The number of thioether (sulfide) groups is 1. The second-order valence-electron chi connectivity index (χ2n) is 3.15. The van der Waals surface area contributed by atoms with Crippen LogP contribution >= 0.6 is 11.8 Å². The monoisotopic (exact) mass is 244 g/mol. The van der Waals surface area contributed by atoms with Gasteiger partial charge in [0, 0.05) is 18.9 Å². The molecule has 5 N–H and O–H groups in total. The van der Waals surface area contributed by atoms with Gasteiger partial charge in [0.05, 0.1) is 11.9 Å². The molecule has 0 radical (unpaired) electrons. The molecule has 1 heterocycles. The van der Waals surface area contributed by atoms with Gasteiger partial charge in [-0.1, -0.05) is 0 Å². The molecule has 0 bridgehead atoms. The molecule has 0 aliphatic rings. The third-order valence-corrected chi connectivity index (χ3v) is 2.94. The lowest BCUT2D eigenvalue weighted by atomic mass is 10.3. The molecule has 0 spiro atoms. The number of nitrogen functional groups attached to an aromatic ring is 1. The number of aliphatic hydroxyl groups excluding tert-OH is 1. The first-order valence-electron chi connectivity index (χ1n) is 5.01. The van der Waals surface area contributed by atoms with Crippen molar-refractivity contribution in [2.45, 2.75) is 6.42 Å². The summed E-state index contributed by atoms with van der Waals surface area (Å²) >= 11 is 1.69. The minimum Gasteiger partial charge on any atom is -0.396 e.